The summed E-state index contributed by atoms with van der Waals surface area (Å²) in [5, 5.41) is 2.04. The molecule has 2 rings (SSSR count). The largest absolute Gasteiger partial charge is 0.327 e. The average Bonchev–Trinajstić information content (AvgIpc) is 2.67. The third kappa shape index (κ3) is 3.91. The first-order chi connectivity index (χ1) is 8.13. The maximum atomic E-state index is 13.2. The highest BCUT2D eigenvalue weighted by atomic mass is 79.9. The van der Waals surface area contributed by atoms with E-state index in [9.17, 15) is 4.39 Å². The molecule has 0 fully saturated rings. The Morgan fingerprint density at radius 3 is 2.76 bits per heavy atom. The summed E-state index contributed by atoms with van der Waals surface area (Å²) >= 11 is 4.99. The van der Waals surface area contributed by atoms with Gasteiger partial charge in [-0.15, -0.1) is 11.3 Å². The van der Waals surface area contributed by atoms with E-state index < -0.39 is 0 Å². The molecule has 0 amide bonds. The number of hydrogen-bond acceptors (Lipinski definition) is 2. The Balaban J connectivity index is 2.00. The molecule has 1 heterocycles. The van der Waals surface area contributed by atoms with Gasteiger partial charge in [0.2, 0.25) is 0 Å². The van der Waals surface area contributed by atoms with Crippen molar-refractivity contribution < 1.29 is 4.39 Å². The van der Waals surface area contributed by atoms with E-state index in [1.54, 1.807) is 17.4 Å². The highest BCUT2D eigenvalue weighted by molar-refractivity contribution is 9.10. The summed E-state index contributed by atoms with van der Waals surface area (Å²) in [6, 6.07) is 9.03. The van der Waals surface area contributed by atoms with Crippen LogP contribution in [0.25, 0.3) is 0 Å². The summed E-state index contributed by atoms with van der Waals surface area (Å²) in [4.78, 5) is 1.27. The fraction of sp³-hybridized carbons (Fsp3) is 0.231. The van der Waals surface area contributed by atoms with Gasteiger partial charge in [-0.25, -0.2) is 4.39 Å². The molecule has 1 aromatic carbocycles. The van der Waals surface area contributed by atoms with E-state index in [1.807, 2.05) is 17.5 Å². The maximum Gasteiger partial charge on any atom is 0.124 e. The monoisotopic (exact) mass is 313 g/mol. The summed E-state index contributed by atoms with van der Waals surface area (Å²) in [5.74, 6) is -0.224. The summed E-state index contributed by atoms with van der Waals surface area (Å²) in [6.07, 6.45) is 1.53. The van der Waals surface area contributed by atoms with Crippen LogP contribution >= 0.6 is 27.3 Å². The van der Waals surface area contributed by atoms with Gasteiger partial charge in [0.15, 0.2) is 0 Å². The first-order valence-corrected chi connectivity index (χ1v) is 7.03. The molecule has 2 N–H and O–H groups in total. The highest BCUT2D eigenvalue weighted by Crippen LogP contribution is 2.17. The molecule has 1 unspecified atom stereocenters. The maximum absolute atomic E-state index is 13.2. The van der Waals surface area contributed by atoms with Gasteiger partial charge in [0, 0.05) is 15.4 Å². The Kier molecular flexibility index (Phi) is 4.31. The molecule has 0 bridgehead atoms. The Morgan fingerprint density at radius 1 is 1.29 bits per heavy atom. The van der Waals surface area contributed by atoms with Gasteiger partial charge in [-0.3, -0.25) is 0 Å². The number of nitrogens with two attached hydrogens (primary N) is 1. The molecule has 0 spiro atoms. The van der Waals surface area contributed by atoms with E-state index in [1.165, 1.54) is 10.9 Å². The van der Waals surface area contributed by atoms with Crippen molar-refractivity contribution in [3.8, 4) is 0 Å². The summed E-state index contributed by atoms with van der Waals surface area (Å²) < 4.78 is 13.9. The molecule has 1 nitrogen and oxygen atoms in total. The zero-order valence-electron chi connectivity index (χ0n) is 9.20. The molecule has 2 aromatic rings. The molecule has 1 aromatic heterocycles. The fourth-order valence-electron chi connectivity index (χ4n) is 1.79. The van der Waals surface area contributed by atoms with Crippen LogP contribution in [0.1, 0.15) is 10.4 Å². The molecule has 0 aliphatic heterocycles. The molecule has 0 aliphatic rings. The van der Waals surface area contributed by atoms with Crippen LogP contribution in [0.5, 0.6) is 0 Å². The van der Waals surface area contributed by atoms with Gasteiger partial charge in [0.05, 0.1) is 0 Å². The molecule has 0 radical (unpaired) electrons. The minimum atomic E-state index is -0.224. The summed E-state index contributed by atoms with van der Waals surface area (Å²) in [5.41, 5.74) is 7.00. The predicted octanol–water partition coefficient (Wildman–Crippen LogP) is 3.76. The standard InChI is InChI=1S/C13H13BrFNS/c14-10-4-9(5-11(15)7-10)6-12(16)8-13-2-1-3-17-13/h1-5,7,12H,6,8,16H2. The summed E-state index contributed by atoms with van der Waals surface area (Å²) in [7, 11) is 0. The molecular formula is C13H13BrFNS. The Labute approximate surface area is 113 Å². The van der Waals surface area contributed by atoms with Crippen molar-refractivity contribution in [1.82, 2.24) is 0 Å². The van der Waals surface area contributed by atoms with Crippen molar-refractivity contribution in [2.75, 3.05) is 0 Å². The van der Waals surface area contributed by atoms with Gasteiger partial charge in [-0.05, 0) is 48.1 Å². The molecule has 90 valence electrons. The van der Waals surface area contributed by atoms with E-state index in [0.717, 1.165) is 16.5 Å². The second-order valence-electron chi connectivity index (χ2n) is 4.03. The normalized spacial score (nSPS) is 12.6. The summed E-state index contributed by atoms with van der Waals surface area (Å²) in [6.45, 7) is 0. The first kappa shape index (κ1) is 12.7. The van der Waals surface area contributed by atoms with Gasteiger partial charge >= 0.3 is 0 Å². The topological polar surface area (TPSA) is 26.0 Å². The van der Waals surface area contributed by atoms with Crippen molar-refractivity contribution >= 4 is 27.3 Å². The molecule has 0 saturated carbocycles. The van der Waals surface area contributed by atoms with Gasteiger partial charge in [-0.1, -0.05) is 22.0 Å². The number of thiophene rings is 1. The van der Waals surface area contributed by atoms with Gasteiger partial charge < -0.3 is 5.73 Å². The van der Waals surface area contributed by atoms with Crippen LogP contribution in [0.4, 0.5) is 4.39 Å². The molecular weight excluding hydrogens is 301 g/mol. The lowest BCUT2D eigenvalue weighted by atomic mass is 10.0. The average molecular weight is 314 g/mol. The van der Waals surface area contributed by atoms with E-state index in [4.69, 9.17) is 5.73 Å². The van der Waals surface area contributed by atoms with E-state index in [0.29, 0.717) is 6.42 Å². The van der Waals surface area contributed by atoms with Crippen LogP contribution in [0.2, 0.25) is 0 Å². The first-order valence-electron chi connectivity index (χ1n) is 5.36. The van der Waals surface area contributed by atoms with Crippen molar-refractivity contribution in [1.29, 1.82) is 0 Å². The second-order valence-corrected chi connectivity index (χ2v) is 5.97. The lowest BCUT2D eigenvalue weighted by Gasteiger charge is -2.10. The van der Waals surface area contributed by atoms with Crippen LogP contribution in [0.3, 0.4) is 0 Å². The van der Waals surface area contributed by atoms with E-state index in [2.05, 4.69) is 22.0 Å². The van der Waals surface area contributed by atoms with Gasteiger partial charge in [-0.2, -0.15) is 0 Å². The Hall–Kier alpha value is -0.710. The quantitative estimate of drug-likeness (QED) is 0.913. The third-order valence-corrected chi connectivity index (χ3v) is 3.82. The molecule has 0 aliphatic carbocycles. The molecule has 1 atom stereocenters. The van der Waals surface area contributed by atoms with Crippen molar-refractivity contribution in [2.24, 2.45) is 5.73 Å². The lowest BCUT2D eigenvalue weighted by Crippen LogP contribution is -2.25. The smallest absolute Gasteiger partial charge is 0.124 e. The van der Waals surface area contributed by atoms with Crippen molar-refractivity contribution in [3.63, 3.8) is 0 Å². The van der Waals surface area contributed by atoms with Crippen LogP contribution in [-0.2, 0) is 12.8 Å². The SMILES string of the molecule is NC(Cc1cc(F)cc(Br)c1)Cc1cccs1. The zero-order chi connectivity index (χ0) is 12.3. The van der Waals surface area contributed by atoms with Crippen molar-refractivity contribution in [2.45, 2.75) is 18.9 Å². The number of halogens is 2. The molecule has 17 heavy (non-hydrogen) atoms. The van der Waals surface area contributed by atoms with E-state index in [-0.39, 0.29) is 11.9 Å². The second kappa shape index (κ2) is 5.76. The highest BCUT2D eigenvalue weighted by Gasteiger charge is 2.08. The zero-order valence-corrected chi connectivity index (χ0v) is 11.6. The Bertz CT molecular complexity index is 464. The van der Waals surface area contributed by atoms with Crippen LogP contribution in [0.15, 0.2) is 40.2 Å². The van der Waals surface area contributed by atoms with Crippen LogP contribution in [0, 0.1) is 5.82 Å². The predicted molar refractivity (Wildman–Crippen MR) is 73.8 cm³/mol. The van der Waals surface area contributed by atoms with Crippen molar-refractivity contribution in [3.05, 3.63) is 56.4 Å². The van der Waals surface area contributed by atoms with Gasteiger partial charge in [0.1, 0.15) is 5.82 Å². The third-order valence-electron chi connectivity index (χ3n) is 2.46. The minimum Gasteiger partial charge on any atom is -0.327 e. The molecule has 0 saturated heterocycles. The Morgan fingerprint density at radius 2 is 2.12 bits per heavy atom. The van der Waals surface area contributed by atoms with Crippen LogP contribution < -0.4 is 5.73 Å². The van der Waals surface area contributed by atoms with Gasteiger partial charge in [0.25, 0.3) is 0 Å². The molecule has 4 heteroatoms. The number of benzene rings is 1. The lowest BCUT2D eigenvalue weighted by molar-refractivity contribution is 0.618. The number of rotatable bonds is 4. The minimum absolute atomic E-state index is 0.0300. The van der Waals surface area contributed by atoms with Crippen LogP contribution in [-0.4, -0.2) is 6.04 Å². The fourth-order valence-corrected chi connectivity index (χ4v) is 3.10. The van der Waals surface area contributed by atoms with E-state index >= 15 is 0 Å². The number of hydrogen-bond donors (Lipinski definition) is 1.